The Morgan fingerprint density at radius 3 is 2.53 bits per heavy atom. The van der Waals surface area contributed by atoms with Crippen molar-refractivity contribution < 1.29 is 28.6 Å². The van der Waals surface area contributed by atoms with Gasteiger partial charge in [0, 0.05) is 12.6 Å². The second kappa shape index (κ2) is 12.1. The van der Waals surface area contributed by atoms with Gasteiger partial charge < -0.3 is 24.4 Å². The molecule has 0 unspecified atom stereocenters. The molecule has 0 spiro atoms. The fourth-order valence-corrected chi connectivity index (χ4v) is 3.50. The van der Waals surface area contributed by atoms with Crippen molar-refractivity contribution in [1.29, 1.82) is 0 Å². The molecule has 1 saturated heterocycles. The predicted octanol–water partition coefficient (Wildman–Crippen LogP) is 4.19. The minimum atomic E-state index is -0.616. The van der Waals surface area contributed by atoms with Crippen LogP contribution in [-0.2, 0) is 25.6 Å². The summed E-state index contributed by atoms with van der Waals surface area (Å²) in [5.41, 5.74) is 0.284. The molecule has 2 atom stereocenters. The van der Waals surface area contributed by atoms with Gasteiger partial charge in [0.2, 0.25) is 0 Å². The molecular weight excluding hydrogens is 412 g/mol. The lowest BCUT2D eigenvalue weighted by Gasteiger charge is -2.29. The molecule has 0 aromatic heterocycles. The monoisotopic (exact) mass is 446 g/mol. The molecule has 1 aliphatic heterocycles. The number of allylic oxidation sites excluding steroid dienone is 1. The van der Waals surface area contributed by atoms with Gasteiger partial charge in [0.15, 0.2) is 0 Å². The first-order chi connectivity index (χ1) is 15.2. The Hall–Kier alpha value is -3.03. The summed E-state index contributed by atoms with van der Waals surface area (Å²) >= 11 is 0. The van der Waals surface area contributed by atoms with E-state index >= 15 is 0 Å². The topological polar surface area (TPSA) is 94.2 Å². The van der Waals surface area contributed by atoms with Gasteiger partial charge in [-0.2, -0.15) is 0 Å². The smallest absolute Gasteiger partial charge is 0.410 e. The second-order valence-electron chi connectivity index (χ2n) is 8.57. The molecule has 8 heteroatoms. The van der Waals surface area contributed by atoms with Crippen molar-refractivity contribution in [2.75, 3.05) is 13.2 Å². The van der Waals surface area contributed by atoms with Gasteiger partial charge >= 0.3 is 18.2 Å². The molecule has 1 N–H and O–H groups in total. The minimum Gasteiger partial charge on any atom is -0.463 e. The largest absolute Gasteiger partial charge is 0.463 e. The van der Waals surface area contributed by atoms with Crippen LogP contribution in [0.15, 0.2) is 42.5 Å². The number of hydrogen-bond acceptors (Lipinski definition) is 6. The van der Waals surface area contributed by atoms with Crippen LogP contribution in [-0.4, -0.2) is 53.9 Å². The van der Waals surface area contributed by atoms with Crippen LogP contribution in [0, 0.1) is 0 Å². The van der Waals surface area contributed by atoms with Gasteiger partial charge in [0.05, 0.1) is 18.7 Å². The van der Waals surface area contributed by atoms with Crippen LogP contribution >= 0.6 is 0 Å². The Morgan fingerprint density at radius 1 is 1.16 bits per heavy atom. The van der Waals surface area contributed by atoms with E-state index in [1.807, 2.05) is 30.3 Å². The van der Waals surface area contributed by atoms with Crippen molar-refractivity contribution in [1.82, 2.24) is 10.2 Å². The normalized spacial score (nSPS) is 18.4. The summed E-state index contributed by atoms with van der Waals surface area (Å²) in [5, 5.41) is 2.89. The number of esters is 1. The average Bonchev–Trinajstić information content (AvgIpc) is 3.11. The van der Waals surface area contributed by atoms with Crippen LogP contribution in [0.25, 0.3) is 0 Å². The highest BCUT2D eigenvalue weighted by molar-refractivity contribution is 5.81. The standard InChI is InChI=1S/C24H34N2O6/c1-5-30-21(27)14-10-9-13-20-19(25-22(28)32-24(2,3)4)15-16-26(20)23(29)31-17-18-11-7-6-8-12-18/h6-8,10-12,14,19-20H,5,9,13,15-17H2,1-4H3,(H,25,28)/t19-,20+/m1/s1. The summed E-state index contributed by atoms with van der Waals surface area (Å²) in [7, 11) is 0. The molecule has 0 bridgehead atoms. The Labute approximate surface area is 189 Å². The fourth-order valence-electron chi connectivity index (χ4n) is 3.50. The van der Waals surface area contributed by atoms with E-state index in [1.54, 1.807) is 38.7 Å². The molecular formula is C24H34N2O6. The lowest BCUT2D eigenvalue weighted by atomic mass is 10.0. The van der Waals surface area contributed by atoms with E-state index in [1.165, 1.54) is 6.08 Å². The van der Waals surface area contributed by atoms with E-state index < -0.39 is 23.8 Å². The lowest BCUT2D eigenvalue weighted by Crippen LogP contribution is -2.48. The number of amides is 2. The van der Waals surface area contributed by atoms with E-state index in [2.05, 4.69) is 5.32 Å². The SMILES string of the molecule is CCOC(=O)C=CCC[C@H]1[C@H](NC(=O)OC(C)(C)C)CCN1C(=O)OCc1ccccc1. The van der Waals surface area contributed by atoms with Crippen molar-refractivity contribution in [2.45, 2.75) is 71.2 Å². The molecule has 1 aliphatic rings. The third-order valence-corrected chi connectivity index (χ3v) is 4.86. The molecule has 1 heterocycles. The molecule has 0 radical (unpaired) electrons. The highest BCUT2D eigenvalue weighted by Gasteiger charge is 2.38. The summed E-state index contributed by atoms with van der Waals surface area (Å²) in [6.45, 7) is 8.09. The van der Waals surface area contributed by atoms with Crippen LogP contribution in [0.5, 0.6) is 0 Å². The minimum absolute atomic E-state index is 0.176. The summed E-state index contributed by atoms with van der Waals surface area (Å²) in [5.74, 6) is -0.401. The number of carbonyl (C=O) groups is 3. The molecule has 1 aromatic carbocycles. The van der Waals surface area contributed by atoms with Crippen LogP contribution in [0.1, 0.15) is 52.5 Å². The molecule has 0 aliphatic carbocycles. The number of nitrogens with zero attached hydrogens (tertiary/aromatic N) is 1. The lowest BCUT2D eigenvalue weighted by molar-refractivity contribution is -0.137. The first-order valence-corrected chi connectivity index (χ1v) is 11.0. The second-order valence-corrected chi connectivity index (χ2v) is 8.57. The molecule has 8 nitrogen and oxygen atoms in total. The molecule has 176 valence electrons. The van der Waals surface area contributed by atoms with Crippen molar-refractivity contribution in [3.63, 3.8) is 0 Å². The molecule has 2 rings (SSSR count). The molecule has 1 aromatic rings. The van der Waals surface area contributed by atoms with Gasteiger partial charge in [-0.05, 0) is 52.5 Å². The number of rotatable bonds is 8. The van der Waals surface area contributed by atoms with Crippen molar-refractivity contribution in [3.05, 3.63) is 48.0 Å². The third kappa shape index (κ3) is 8.61. The van der Waals surface area contributed by atoms with E-state index in [4.69, 9.17) is 14.2 Å². The average molecular weight is 447 g/mol. The Bertz CT molecular complexity index is 787. The number of nitrogens with one attached hydrogen (secondary N) is 1. The highest BCUT2D eigenvalue weighted by atomic mass is 16.6. The maximum atomic E-state index is 12.8. The molecule has 1 fully saturated rings. The van der Waals surface area contributed by atoms with E-state index in [0.717, 1.165) is 5.56 Å². The Kier molecular flexibility index (Phi) is 9.56. The van der Waals surface area contributed by atoms with Crippen LogP contribution in [0.3, 0.4) is 0 Å². The number of likely N-dealkylation sites (tertiary alicyclic amines) is 1. The number of alkyl carbamates (subject to hydrolysis) is 1. The highest BCUT2D eigenvalue weighted by Crippen LogP contribution is 2.24. The third-order valence-electron chi connectivity index (χ3n) is 4.86. The summed E-state index contributed by atoms with van der Waals surface area (Å²) in [4.78, 5) is 38.2. The number of hydrogen-bond donors (Lipinski definition) is 1. The van der Waals surface area contributed by atoms with Crippen molar-refractivity contribution in [3.8, 4) is 0 Å². The Balaban J connectivity index is 2.01. The van der Waals surface area contributed by atoms with Crippen molar-refractivity contribution in [2.24, 2.45) is 0 Å². The molecule has 32 heavy (non-hydrogen) atoms. The number of benzene rings is 1. The zero-order valence-electron chi connectivity index (χ0n) is 19.3. The van der Waals surface area contributed by atoms with Gasteiger partial charge in [-0.15, -0.1) is 0 Å². The van der Waals surface area contributed by atoms with Gasteiger partial charge in [0.1, 0.15) is 12.2 Å². The van der Waals surface area contributed by atoms with Gasteiger partial charge in [0.25, 0.3) is 0 Å². The first kappa shape index (κ1) is 25.2. The van der Waals surface area contributed by atoms with Gasteiger partial charge in [-0.25, -0.2) is 14.4 Å². The maximum Gasteiger partial charge on any atom is 0.410 e. The number of carbonyl (C=O) groups excluding carboxylic acids is 3. The number of ether oxygens (including phenoxy) is 3. The van der Waals surface area contributed by atoms with Crippen LogP contribution in [0.2, 0.25) is 0 Å². The van der Waals surface area contributed by atoms with Crippen LogP contribution < -0.4 is 5.32 Å². The van der Waals surface area contributed by atoms with E-state index in [-0.39, 0.29) is 18.7 Å². The van der Waals surface area contributed by atoms with Gasteiger partial charge in [-0.1, -0.05) is 36.4 Å². The first-order valence-electron chi connectivity index (χ1n) is 11.0. The van der Waals surface area contributed by atoms with Crippen LogP contribution in [0.4, 0.5) is 9.59 Å². The van der Waals surface area contributed by atoms with E-state index in [0.29, 0.717) is 32.4 Å². The zero-order valence-corrected chi connectivity index (χ0v) is 19.3. The summed E-state index contributed by atoms with van der Waals surface area (Å²) < 4.78 is 15.8. The zero-order chi connectivity index (χ0) is 23.6. The van der Waals surface area contributed by atoms with Gasteiger partial charge in [-0.3, -0.25) is 0 Å². The quantitative estimate of drug-likeness (QED) is 0.366. The summed E-state index contributed by atoms with van der Waals surface area (Å²) in [6.07, 6.45) is 3.83. The van der Waals surface area contributed by atoms with E-state index in [9.17, 15) is 14.4 Å². The molecule has 0 saturated carbocycles. The van der Waals surface area contributed by atoms with Crippen molar-refractivity contribution >= 4 is 18.2 Å². The fraction of sp³-hybridized carbons (Fsp3) is 0.542. The Morgan fingerprint density at radius 2 is 1.88 bits per heavy atom. The predicted molar refractivity (Wildman–Crippen MR) is 120 cm³/mol. The summed E-state index contributed by atoms with van der Waals surface area (Å²) in [6, 6.07) is 8.90. The maximum absolute atomic E-state index is 12.8. The molecule has 2 amide bonds.